The van der Waals surface area contributed by atoms with Gasteiger partial charge >= 0.3 is 0 Å². The highest BCUT2D eigenvalue weighted by atomic mass is 16.2. The van der Waals surface area contributed by atoms with Crippen LogP contribution in [0.15, 0.2) is 67.3 Å². The maximum absolute atomic E-state index is 12.1. The Morgan fingerprint density at radius 1 is 1.11 bits per heavy atom. The van der Waals surface area contributed by atoms with Crippen molar-refractivity contribution in [2.75, 3.05) is 18.4 Å². The van der Waals surface area contributed by atoms with E-state index in [1.54, 1.807) is 12.1 Å². The Bertz CT molecular complexity index is 1010. The van der Waals surface area contributed by atoms with Gasteiger partial charge in [0.25, 0.3) is 5.91 Å². The van der Waals surface area contributed by atoms with Gasteiger partial charge in [-0.15, -0.1) is 0 Å². The molecule has 6 nitrogen and oxygen atoms in total. The van der Waals surface area contributed by atoms with Crippen LogP contribution in [0.25, 0.3) is 22.0 Å². The van der Waals surface area contributed by atoms with Crippen LogP contribution in [0, 0.1) is 0 Å². The Labute approximate surface area is 157 Å². The molecule has 0 saturated heterocycles. The second-order valence-corrected chi connectivity index (χ2v) is 5.89. The fourth-order valence-corrected chi connectivity index (χ4v) is 2.72. The molecular formula is C21H20N4O2. The normalized spacial score (nSPS) is 10.4. The number of nitrogens with one attached hydrogen (secondary N) is 2. The van der Waals surface area contributed by atoms with E-state index in [4.69, 9.17) is 5.73 Å². The highest BCUT2D eigenvalue weighted by Gasteiger charge is 2.10. The molecule has 0 aliphatic carbocycles. The molecule has 2 aromatic carbocycles. The van der Waals surface area contributed by atoms with Gasteiger partial charge in [-0.2, -0.15) is 0 Å². The summed E-state index contributed by atoms with van der Waals surface area (Å²) in [5.41, 5.74) is 7.95. The van der Waals surface area contributed by atoms with E-state index in [0.29, 0.717) is 30.2 Å². The number of aromatic nitrogens is 1. The summed E-state index contributed by atoms with van der Waals surface area (Å²) in [5.74, 6) is -0.536. The van der Waals surface area contributed by atoms with Gasteiger partial charge in [-0.25, -0.2) is 4.98 Å². The summed E-state index contributed by atoms with van der Waals surface area (Å²) in [7, 11) is 0. The molecule has 4 N–H and O–H groups in total. The highest BCUT2D eigenvalue weighted by molar-refractivity contribution is 6.06. The zero-order valence-corrected chi connectivity index (χ0v) is 14.7. The van der Waals surface area contributed by atoms with E-state index in [-0.39, 0.29) is 11.8 Å². The first-order valence-electron chi connectivity index (χ1n) is 8.54. The van der Waals surface area contributed by atoms with Crippen LogP contribution in [0.4, 0.5) is 5.69 Å². The van der Waals surface area contributed by atoms with Gasteiger partial charge < -0.3 is 16.4 Å². The fraction of sp³-hybridized carbons (Fsp3) is 0.0952. The van der Waals surface area contributed by atoms with Crippen molar-refractivity contribution < 1.29 is 9.59 Å². The standard InChI is InChI=1S/C21H20N4O2/c1-2-20(26)25-18-7-3-5-14-9-10-15(13-16(14)18)17-6-4-8-19(24-17)21(27)23-12-11-22/h2-10,13H,1,11-12,22H2,(H,23,27)(H,25,26). The average Bonchev–Trinajstić information content (AvgIpc) is 2.72. The molecule has 3 aromatic rings. The number of hydrogen-bond donors (Lipinski definition) is 3. The van der Waals surface area contributed by atoms with Gasteiger partial charge in [-0.1, -0.05) is 36.9 Å². The molecule has 27 heavy (non-hydrogen) atoms. The van der Waals surface area contributed by atoms with Gasteiger partial charge in [-0.05, 0) is 35.7 Å². The van der Waals surface area contributed by atoms with E-state index in [1.807, 2.05) is 42.5 Å². The maximum atomic E-state index is 12.1. The van der Waals surface area contributed by atoms with Gasteiger partial charge in [0.05, 0.1) is 5.69 Å². The van der Waals surface area contributed by atoms with Crippen LogP contribution in [-0.2, 0) is 4.79 Å². The Kier molecular flexibility index (Phi) is 5.58. The van der Waals surface area contributed by atoms with E-state index in [1.165, 1.54) is 6.08 Å². The van der Waals surface area contributed by atoms with Crippen molar-refractivity contribution in [3.63, 3.8) is 0 Å². The minimum atomic E-state index is -0.274. The quantitative estimate of drug-likeness (QED) is 0.589. The molecule has 3 rings (SSSR count). The van der Waals surface area contributed by atoms with E-state index >= 15 is 0 Å². The summed E-state index contributed by atoms with van der Waals surface area (Å²) >= 11 is 0. The van der Waals surface area contributed by atoms with Crippen molar-refractivity contribution in [3.8, 4) is 11.3 Å². The molecule has 0 aliphatic heterocycles. The molecule has 2 amide bonds. The van der Waals surface area contributed by atoms with Crippen LogP contribution >= 0.6 is 0 Å². The number of fused-ring (bicyclic) bond motifs is 1. The number of rotatable bonds is 6. The third-order valence-corrected chi connectivity index (χ3v) is 4.03. The lowest BCUT2D eigenvalue weighted by molar-refractivity contribution is -0.111. The molecule has 1 heterocycles. The second kappa shape index (κ2) is 8.25. The van der Waals surface area contributed by atoms with Crippen LogP contribution in [0.3, 0.4) is 0 Å². The summed E-state index contributed by atoms with van der Waals surface area (Å²) in [4.78, 5) is 28.3. The summed E-state index contributed by atoms with van der Waals surface area (Å²) in [6, 6.07) is 16.8. The number of hydrogen-bond acceptors (Lipinski definition) is 4. The largest absolute Gasteiger partial charge is 0.349 e. The Morgan fingerprint density at radius 3 is 2.70 bits per heavy atom. The first kappa shape index (κ1) is 18.3. The Morgan fingerprint density at radius 2 is 1.93 bits per heavy atom. The molecule has 0 aliphatic rings. The molecule has 0 atom stereocenters. The number of carbonyl (C=O) groups excluding carboxylic acids is 2. The zero-order chi connectivity index (χ0) is 19.2. The van der Waals surface area contributed by atoms with Crippen LogP contribution in [0.5, 0.6) is 0 Å². The zero-order valence-electron chi connectivity index (χ0n) is 14.7. The molecule has 1 aromatic heterocycles. The fourth-order valence-electron chi connectivity index (χ4n) is 2.72. The van der Waals surface area contributed by atoms with Crippen molar-refractivity contribution >= 4 is 28.3 Å². The molecule has 0 spiro atoms. The first-order valence-corrected chi connectivity index (χ1v) is 8.54. The van der Waals surface area contributed by atoms with Crippen molar-refractivity contribution in [2.24, 2.45) is 5.73 Å². The van der Waals surface area contributed by atoms with Crippen LogP contribution < -0.4 is 16.4 Å². The topological polar surface area (TPSA) is 97.1 Å². The summed E-state index contributed by atoms with van der Waals surface area (Å²) in [6.07, 6.45) is 1.23. The first-order chi connectivity index (χ1) is 13.1. The minimum Gasteiger partial charge on any atom is -0.349 e. The van der Waals surface area contributed by atoms with Crippen LogP contribution in [-0.4, -0.2) is 29.9 Å². The van der Waals surface area contributed by atoms with Crippen LogP contribution in [0.2, 0.25) is 0 Å². The minimum absolute atomic E-state index is 0.262. The molecule has 0 radical (unpaired) electrons. The van der Waals surface area contributed by atoms with E-state index in [9.17, 15) is 9.59 Å². The highest BCUT2D eigenvalue weighted by Crippen LogP contribution is 2.28. The van der Waals surface area contributed by atoms with Crippen molar-refractivity contribution in [1.82, 2.24) is 10.3 Å². The number of nitrogens with zero attached hydrogens (tertiary/aromatic N) is 1. The third kappa shape index (κ3) is 4.19. The molecule has 0 unspecified atom stereocenters. The number of nitrogens with two attached hydrogens (primary N) is 1. The lowest BCUT2D eigenvalue weighted by Gasteiger charge is -2.10. The molecule has 0 saturated carbocycles. The Balaban J connectivity index is 2.00. The maximum Gasteiger partial charge on any atom is 0.269 e. The number of pyridine rings is 1. The number of benzene rings is 2. The van der Waals surface area contributed by atoms with Gasteiger partial charge in [0.2, 0.25) is 5.91 Å². The number of anilines is 1. The molecule has 0 bridgehead atoms. The van der Waals surface area contributed by atoms with Crippen LogP contribution in [0.1, 0.15) is 10.5 Å². The summed E-state index contributed by atoms with van der Waals surface area (Å²) < 4.78 is 0. The van der Waals surface area contributed by atoms with Crippen molar-refractivity contribution in [3.05, 3.63) is 72.9 Å². The number of carbonyl (C=O) groups is 2. The monoisotopic (exact) mass is 360 g/mol. The molecule has 0 fully saturated rings. The van der Waals surface area contributed by atoms with Gasteiger partial charge in [0, 0.05) is 29.7 Å². The van der Waals surface area contributed by atoms with Gasteiger partial charge in [-0.3, -0.25) is 9.59 Å². The predicted octanol–water partition coefficient (Wildman–Crippen LogP) is 2.71. The summed E-state index contributed by atoms with van der Waals surface area (Å²) in [5, 5.41) is 7.39. The van der Waals surface area contributed by atoms with E-state index in [0.717, 1.165) is 16.3 Å². The van der Waals surface area contributed by atoms with Gasteiger partial charge in [0.15, 0.2) is 0 Å². The molecule has 6 heteroatoms. The predicted molar refractivity (Wildman–Crippen MR) is 107 cm³/mol. The van der Waals surface area contributed by atoms with Crippen molar-refractivity contribution in [1.29, 1.82) is 0 Å². The second-order valence-electron chi connectivity index (χ2n) is 5.89. The van der Waals surface area contributed by atoms with E-state index in [2.05, 4.69) is 22.2 Å². The third-order valence-electron chi connectivity index (χ3n) is 4.03. The molecule has 136 valence electrons. The van der Waals surface area contributed by atoms with E-state index < -0.39 is 0 Å². The van der Waals surface area contributed by atoms with Crippen molar-refractivity contribution in [2.45, 2.75) is 0 Å². The van der Waals surface area contributed by atoms with Gasteiger partial charge in [0.1, 0.15) is 5.69 Å². The SMILES string of the molecule is C=CC(=O)Nc1cccc2ccc(-c3cccc(C(=O)NCCN)n3)cc12. The lowest BCUT2D eigenvalue weighted by Crippen LogP contribution is -2.29. The lowest BCUT2D eigenvalue weighted by atomic mass is 10.0. The smallest absolute Gasteiger partial charge is 0.269 e. The summed E-state index contributed by atoms with van der Waals surface area (Å²) in [6.45, 7) is 4.25. The molecular weight excluding hydrogens is 340 g/mol. The number of amides is 2. The average molecular weight is 360 g/mol. The Hall–Kier alpha value is -3.51.